The van der Waals surface area contributed by atoms with E-state index in [1.54, 1.807) is 7.11 Å². The number of aliphatic hydroxyl groups is 2. The maximum Gasteiger partial charge on any atom is 0.0771 e. The van der Waals surface area contributed by atoms with Crippen LogP contribution in [0.4, 0.5) is 0 Å². The highest BCUT2D eigenvalue weighted by molar-refractivity contribution is 5.31. The quantitative estimate of drug-likeness (QED) is 0.781. The number of ether oxygens (including phenoxy) is 2. The van der Waals surface area contributed by atoms with Crippen molar-refractivity contribution < 1.29 is 19.7 Å². The van der Waals surface area contributed by atoms with Crippen molar-refractivity contribution in [3.05, 3.63) is 0 Å². The molecule has 5 aliphatic carbocycles. The highest BCUT2D eigenvalue weighted by atomic mass is 16.5. The second-order valence-corrected chi connectivity index (χ2v) is 10.5. The maximum absolute atomic E-state index is 12.2. The van der Waals surface area contributed by atoms with Gasteiger partial charge in [0.2, 0.25) is 0 Å². The van der Waals surface area contributed by atoms with Crippen LogP contribution in [0.2, 0.25) is 0 Å². The van der Waals surface area contributed by atoms with Crippen LogP contribution in [0.3, 0.4) is 0 Å². The molecule has 1 spiro atoms. The number of rotatable bonds is 3. The average molecular weight is 378 g/mol. The Labute approximate surface area is 162 Å². The molecule has 1 heterocycles. The fourth-order valence-electron chi connectivity index (χ4n) is 9.96. The lowest BCUT2D eigenvalue weighted by Gasteiger charge is -2.67. The van der Waals surface area contributed by atoms with Crippen molar-refractivity contribution >= 4 is 0 Å². The highest BCUT2D eigenvalue weighted by Crippen LogP contribution is 2.77. The Morgan fingerprint density at radius 2 is 1.89 bits per heavy atom. The van der Waals surface area contributed by atoms with Gasteiger partial charge in [-0.1, -0.05) is 6.92 Å². The first-order valence-corrected chi connectivity index (χ1v) is 11.2. The van der Waals surface area contributed by atoms with E-state index in [1.807, 2.05) is 7.11 Å². The van der Waals surface area contributed by atoms with Gasteiger partial charge in [0.15, 0.2) is 0 Å². The molecule has 6 aliphatic rings. The molecule has 6 rings (SSSR count). The molecule has 1 saturated heterocycles. The lowest BCUT2D eigenvalue weighted by atomic mass is 9.46. The Kier molecular flexibility index (Phi) is 3.58. The van der Waals surface area contributed by atoms with Crippen molar-refractivity contribution in [2.75, 3.05) is 27.3 Å². The van der Waals surface area contributed by atoms with Gasteiger partial charge in [0.1, 0.15) is 0 Å². The summed E-state index contributed by atoms with van der Waals surface area (Å²) in [6.07, 6.45) is 5.04. The molecule has 27 heavy (non-hydrogen) atoms. The third-order valence-electron chi connectivity index (χ3n) is 10.5. The molecule has 7 bridgehead atoms. The van der Waals surface area contributed by atoms with Crippen molar-refractivity contribution in [2.24, 2.45) is 40.9 Å². The Morgan fingerprint density at radius 3 is 2.59 bits per heavy atom. The van der Waals surface area contributed by atoms with Crippen LogP contribution < -0.4 is 0 Å². The first-order chi connectivity index (χ1) is 13.0. The molecule has 0 amide bonds. The van der Waals surface area contributed by atoms with Gasteiger partial charge in [0, 0.05) is 56.4 Å². The standard InChI is InChI=1S/C22H35NO4/c1-4-23-10-11-5-6-17(27-3)22-13(11)8-15(20(22)23)21(25)9-16(26-2)12-7-14(22)18(21)19(12)24/h11-20,24-25H,4-10H2,1-3H3/t11-,12+,13+,14+,15?,16-,17?,18?,19-,20-,21-,22?/m0/s1. The number of hydrogen-bond donors (Lipinski definition) is 2. The summed E-state index contributed by atoms with van der Waals surface area (Å²) in [4.78, 5) is 2.69. The summed E-state index contributed by atoms with van der Waals surface area (Å²) < 4.78 is 12.1. The van der Waals surface area contributed by atoms with E-state index < -0.39 is 11.7 Å². The van der Waals surface area contributed by atoms with Gasteiger partial charge in [-0.15, -0.1) is 0 Å². The minimum absolute atomic E-state index is 0.00774. The minimum atomic E-state index is -0.786. The molecular formula is C22H35NO4. The van der Waals surface area contributed by atoms with Crippen LogP contribution in [0.5, 0.6) is 0 Å². The molecule has 2 N–H and O–H groups in total. The van der Waals surface area contributed by atoms with E-state index in [0.717, 1.165) is 31.7 Å². The summed E-state index contributed by atoms with van der Waals surface area (Å²) in [5.41, 5.74) is -0.669. The number of aliphatic hydroxyl groups excluding tert-OH is 1. The number of piperidine rings is 1. The average Bonchev–Trinajstić information content (AvgIpc) is 3.06. The van der Waals surface area contributed by atoms with Gasteiger partial charge >= 0.3 is 0 Å². The monoisotopic (exact) mass is 377 g/mol. The molecule has 5 nitrogen and oxygen atoms in total. The van der Waals surface area contributed by atoms with Crippen LogP contribution >= 0.6 is 0 Å². The molecule has 0 radical (unpaired) electrons. The summed E-state index contributed by atoms with van der Waals surface area (Å²) >= 11 is 0. The Balaban J connectivity index is 1.57. The van der Waals surface area contributed by atoms with Gasteiger partial charge in [0.25, 0.3) is 0 Å². The number of nitrogens with zero attached hydrogens (tertiary/aromatic N) is 1. The summed E-state index contributed by atoms with van der Waals surface area (Å²) in [6.45, 7) is 4.52. The van der Waals surface area contributed by atoms with E-state index in [4.69, 9.17) is 9.47 Å². The van der Waals surface area contributed by atoms with Crippen LogP contribution in [0.1, 0.15) is 39.0 Å². The summed E-state index contributed by atoms with van der Waals surface area (Å²) in [5.74, 6) is 2.17. The van der Waals surface area contributed by atoms with E-state index in [-0.39, 0.29) is 35.4 Å². The molecular weight excluding hydrogens is 342 g/mol. The van der Waals surface area contributed by atoms with Crippen LogP contribution in [0, 0.1) is 40.9 Å². The normalized spacial score (nSPS) is 63.4. The van der Waals surface area contributed by atoms with E-state index in [2.05, 4.69) is 11.8 Å². The number of hydrogen-bond acceptors (Lipinski definition) is 5. The fraction of sp³-hybridized carbons (Fsp3) is 1.00. The topological polar surface area (TPSA) is 62.2 Å². The lowest BCUT2D eigenvalue weighted by Crippen LogP contribution is -2.74. The first-order valence-electron chi connectivity index (χ1n) is 11.2. The van der Waals surface area contributed by atoms with E-state index in [0.29, 0.717) is 24.3 Å². The Bertz CT molecular complexity index is 644. The molecule has 4 unspecified atom stereocenters. The highest BCUT2D eigenvalue weighted by Gasteiger charge is 2.81. The second kappa shape index (κ2) is 5.48. The minimum Gasteiger partial charge on any atom is -0.392 e. The van der Waals surface area contributed by atoms with Crippen LogP contribution in [-0.4, -0.2) is 72.4 Å². The zero-order valence-corrected chi connectivity index (χ0v) is 16.9. The number of fused-ring (bicyclic) bond motifs is 2. The van der Waals surface area contributed by atoms with Crippen LogP contribution in [0.15, 0.2) is 0 Å². The SMILES string of the molecule is CCN1C[C@@H]2CCC(OC)C34[C@@H]5C[C@@H]6[C@@H](OC)C[C@@](O)(C5[C@H]6O)C(C[C@H]23)[C@H]14. The van der Waals surface area contributed by atoms with Crippen molar-refractivity contribution in [1.29, 1.82) is 0 Å². The van der Waals surface area contributed by atoms with Gasteiger partial charge in [-0.3, -0.25) is 4.90 Å². The van der Waals surface area contributed by atoms with Gasteiger partial charge in [-0.25, -0.2) is 0 Å². The zero-order chi connectivity index (χ0) is 18.7. The van der Waals surface area contributed by atoms with Gasteiger partial charge < -0.3 is 19.7 Å². The van der Waals surface area contributed by atoms with Crippen molar-refractivity contribution in [3.63, 3.8) is 0 Å². The molecule has 0 aromatic heterocycles. The smallest absolute Gasteiger partial charge is 0.0771 e. The molecule has 12 atom stereocenters. The molecule has 0 aromatic carbocycles. The molecule has 5 heteroatoms. The van der Waals surface area contributed by atoms with Crippen molar-refractivity contribution in [2.45, 2.75) is 69.0 Å². The number of likely N-dealkylation sites (tertiary alicyclic amines) is 1. The third-order valence-corrected chi connectivity index (χ3v) is 10.5. The first kappa shape index (κ1) is 17.6. The van der Waals surface area contributed by atoms with Crippen LogP contribution in [0.25, 0.3) is 0 Å². The fourth-order valence-corrected chi connectivity index (χ4v) is 9.96. The lowest BCUT2D eigenvalue weighted by molar-refractivity contribution is -0.259. The Morgan fingerprint density at radius 1 is 1.07 bits per heavy atom. The van der Waals surface area contributed by atoms with Crippen LogP contribution in [-0.2, 0) is 9.47 Å². The largest absolute Gasteiger partial charge is 0.392 e. The van der Waals surface area contributed by atoms with E-state index in [1.165, 1.54) is 13.0 Å². The van der Waals surface area contributed by atoms with Crippen molar-refractivity contribution in [3.8, 4) is 0 Å². The molecule has 5 saturated carbocycles. The Hall–Kier alpha value is -0.200. The molecule has 1 aliphatic heterocycles. The summed E-state index contributed by atoms with van der Waals surface area (Å²) in [7, 11) is 3.65. The summed E-state index contributed by atoms with van der Waals surface area (Å²) in [6, 6.07) is 0.404. The maximum atomic E-state index is 12.2. The third kappa shape index (κ3) is 1.73. The van der Waals surface area contributed by atoms with Gasteiger partial charge in [-0.05, 0) is 50.0 Å². The predicted octanol–water partition coefficient (Wildman–Crippen LogP) is 1.51. The number of methoxy groups -OCH3 is 2. The summed E-state index contributed by atoms with van der Waals surface area (Å²) in [5, 5.41) is 23.5. The second-order valence-electron chi connectivity index (χ2n) is 10.5. The van der Waals surface area contributed by atoms with E-state index >= 15 is 0 Å². The molecule has 0 aromatic rings. The molecule has 152 valence electrons. The molecule has 6 fully saturated rings. The zero-order valence-electron chi connectivity index (χ0n) is 16.9. The van der Waals surface area contributed by atoms with Crippen molar-refractivity contribution in [1.82, 2.24) is 4.90 Å². The van der Waals surface area contributed by atoms with Gasteiger partial charge in [-0.2, -0.15) is 0 Å². The predicted molar refractivity (Wildman–Crippen MR) is 100 cm³/mol. The van der Waals surface area contributed by atoms with E-state index in [9.17, 15) is 10.2 Å². The van der Waals surface area contributed by atoms with Gasteiger partial charge in [0.05, 0.1) is 23.9 Å².